The second-order valence-corrected chi connectivity index (χ2v) is 8.92. The Labute approximate surface area is 195 Å². The molecular weight excluding hydrogens is 445 g/mol. The molecule has 0 amide bonds. The van der Waals surface area contributed by atoms with Gasteiger partial charge in [-0.05, 0) is 41.3 Å². The summed E-state index contributed by atoms with van der Waals surface area (Å²) in [6.07, 6.45) is -4.06. The Bertz CT molecular complexity index is 1310. The zero-order valence-corrected chi connectivity index (χ0v) is 19.7. The summed E-state index contributed by atoms with van der Waals surface area (Å²) in [6, 6.07) is 17.2. The molecule has 0 radical (unpaired) electrons. The van der Waals surface area contributed by atoms with Gasteiger partial charge in [-0.1, -0.05) is 58.0 Å². The van der Waals surface area contributed by atoms with Crippen LogP contribution in [-0.4, -0.2) is 37.0 Å². The Kier molecular flexibility index (Phi) is 6.86. The number of fused-ring (bicyclic) bond motifs is 1. The van der Waals surface area contributed by atoms with Gasteiger partial charge in [0.15, 0.2) is 5.82 Å². The molecule has 0 atom stereocenters. The first-order chi connectivity index (χ1) is 15.8. The van der Waals surface area contributed by atoms with Gasteiger partial charge >= 0.3 is 12.1 Å². The molecule has 0 unspecified atom stereocenters. The number of aromatic nitrogens is 4. The Morgan fingerprint density at radius 1 is 1.09 bits per heavy atom. The highest BCUT2D eigenvalue weighted by atomic mass is 19.4. The molecule has 2 N–H and O–H groups in total. The van der Waals surface area contributed by atoms with Crippen molar-refractivity contribution in [1.82, 2.24) is 19.7 Å². The lowest BCUT2D eigenvalue weighted by Gasteiger charge is -2.13. The van der Waals surface area contributed by atoms with Crippen molar-refractivity contribution in [3.63, 3.8) is 0 Å². The topological polar surface area (TPSA) is 83.8 Å². The maximum absolute atomic E-state index is 10.6. The van der Waals surface area contributed by atoms with Crippen molar-refractivity contribution >= 4 is 17.0 Å². The van der Waals surface area contributed by atoms with Gasteiger partial charge < -0.3 is 10.1 Å². The number of carboxylic acids is 1. The van der Waals surface area contributed by atoms with Crippen LogP contribution in [0.25, 0.3) is 33.7 Å². The fraction of sp³-hybridized carbons (Fsp3) is 0.320. The number of carboxylic acid groups (broad SMARTS) is 1. The molecule has 4 aromatic rings. The van der Waals surface area contributed by atoms with Crippen LogP contribution in [-0.2, 0) is 23.7 Å². The molecule has 34 heavy (non-hydrogen) atoms. The summed E-state index contributed by atoms with van der Waals surface area (Å²) in [4.78, 5) is 17.2. The van der Waals surface area contributed by atoms with Gasteiger partial charge in [-0.2, -0.15) is 18.3 Å². The zero-order chi connectivity index (χ0) is 25.3. The van der Waals surface area contributed by atoms with Gasteiger partial charge in [-0.15, -0.1) is 0 Å². The third-order valence-electron chi connectivity index (χ3n) is 5.32. The van der Waals surface area contributed by atoms with Crippen LogP contribution in [0.5, 0.6) is 0 Å². The Morgan fingerprint density at radius 3 is 2.29 bits per heavy atom. The van der Waals surface area contributed by atoms with E-state index in [1.807, 2.05) is 11.7 Å². The molecule has 6 nitrogen and oxygen atoms in total. The van der Waals surface area contributed by atoms with Gasteiger partial charge in [0.1, 0.15) is 5.69 Å². The minimum absolute atomic E-state index is 0.0130. The van der Waals surface area contributed by atoms with Gasteiger partial charge in [0, 0.05) is 12.5 Å². The number of hydrogen-bond acceptors (Lipinski definition) is 3. The van der Waals surface area contributed by atoms with E-state index in [2.05, 4.69) is 86.3 Å². The number of rotatable bonds is 3. The van der Waals surface area contributed by atoms with Gasteiger partial charge in [0.25, 0.3) is 0 Å². The molecule has 4 rings (SSSR count). The third-order valence-corrected chi connectivity index (χ3v) is 5.32. The molecule has 0 aliphatic rings. The molecule has 0 spiro atoms. The van der Waals surface area contributed by atoms with Crippen LogP contribution in [0.15, 0.2) is 48.5 Å². The Hall–Kier alpha value is -3.62. The second kappa shape index (κ2) is 9.32. The van der Waals surface area contributed by atoms with Crippen molar-refractivity contribution < 1.29 is 23.1 Å². The standard InChI is InChI=1S/C23H26N4.C2HF3O2/c1-6-15-9-7-8-10-17(15)16-11-12-18-19(13-16)25-22(24-18)20-14-21(23(2,3)4)26-27(20)5;3-2(4,5)1(6)7/h7-14H,6H2,1-5H3,(H,24,25);(H,6,7). The first-order valence-corrected chi connectivity index (χ1v) is 10.7. The Balaban J connectivity index is 0.000000406. The number of halogens is 3. The molecule has 0 aliphatic heterocycles. The third kappa shape index (κ3) is 5.47. The number of carbonyl (C=O) groups is 1. The number of hydrogen-bond donors (Lipinski definition) is 2. The van der Waals surface area contributed by atoms with Gasteiger partial charge in [-0.3, -0.25) is 4.68 Å². The average molecular weight is 473 g/mol. The van der Waals surface area contributed by atoms with Crippen LogP contribution in [0.2, 0.25) is 0 Å². The zero-order valence-electron chi connectivity index (χ0n) is 19.7. The van der Waals surface area contributed by atoms with E-state index in [1.165, 1.54) is 16.7 Å². The molecule has 180 valence electrons. The van der Waals surface area contributed by atoms with Crippen molar-refractivity contribution in [3.8, 4) is 22.6 Å². The smallest absolute Gasteiger partial charge is 0.475 e. The lowest BCUT2D eigenvalue weighted by Crippen LogP contribution is -2.21. The van der Waals surface area contributed by atoms with E-state index in [0.29, 0.717) is 0 Å². The van der Waals surface area contributed by atoms with E-state index in [9.17, 15) is 13.2 Å². The highest BCUT2D eigenvalue weighted by molar-refractivity contribution is 5.85. The highest BCUT2D eigenvalue weighted by Gasteiger charge is 2.38. The fourth-order valence-corrected chi connectivity index (χ4v) is 3.46. The van der Waals surface area contributed by atoms with Crippen LogP contribution < -0.4 is 0 Å². The summed E-state index contributed by atoms with van der Waals surface area (Å²) in [5.74, 6) is -1.90. The van der Waals surface area contributed by atoms with Gasteiger partial charge in [0.05, 0.1) is 16.7 Å². The first-order valence-electron chi connectivity index (χ1n) is 10.7. The normalized spacial score (nSPS) is 11.9. The minimum Gasteiger partial charge on any atom is -0.475 e. The van der Waals surface area contributed by atoms with Gasteiger partial charge in [-0.25, -0.2) is 9.78 Å². The number of aliphatic carboxylic acids is 1. The van der Waals surface area contributed by atoms with E-state index in [4.69, 9.17) is 14.9 Å². The lowest BCUT2D eigenvalue weighted by atomic mass is 9.92. The number of benzene rings is 2. The summed E-state index contributed by atoms with van der Waals surface area (Å²) >= 11 is 0. The molecule has 2 aromatic carbocycles. The number of aromatic amines is 1. The van der Waals surface area contributed by atoms with Crippen molar-refractivity contribution in [1.29, 1.82) is 0 Å². The molecule has 0 bridgehead atoms. The van der Waals surface area contributed by atoms with E-state index in [1.54, 1.807) is 0 Å². The number of imidazole rings is 1. The van der Waals surface area contributed by atoms with Crippen LogP contribution in [0.4, 0.5) is 13.2 Å². The van der Waals surface area contributed by atoms with Crippen LogP contribution in [0.3, 0.4) is 0 Å². The number of nitrogens with zero attached hydrogens (tertiary/aromatic N) is 3. The van der Waals surface area contributed by atoms with Crippen molar-refractivity contribution in [3.05, 3.63) is 59.8 Å². The monoisotopic (exact) mass is 472 g/mol. The predicted octanol–water partition coefficient (Wildman–Crippen LogP) is 6.12. The fourth-order valence-electron chi connectivity index (χ4n) is 3.46. The van der Waals surface area contributed by atoms with Gasteiger partial charge in [0.2, 0.25) is 0 Å². The van der Waals surface area contributed by atoms with E-state index >= 15 is 0 Å². The van der Waals surface area contributed by atoms with Crippen LogP contribution in [0, 0.1) is 0 Å². The lowest BCUT2D eigenvalue weighted by molar-refractivity contribution is -0.192. The molecule has 0 fully saturated rings. The number of nitrogens with one attached hydrogen (secondary N) is 1. The summed E-state index contributed by atoms with van der Waals surface area (Å²) in [7, 11) is 1.97. The maximum Gasteiger partial charge on any atom is 0.490 e. The quantitative estimate of drug-likeness (QED) is 0.376. The van der Waals surface area contributed by atoms with E-state index in [-0.39, 0.29) is 5.41 Å². The van der Waals surface area contributed by atoms with Crippen molar-refractivity contribution in [2.24, 2.45) is 7.05 Å². The molecule has 0 saturated heterocycles. The van der Waals surface area contributed by atoms with Crippen molar-refractivity contribution in [2.45, 2.75) is 45.7 Å². The van der Waals surface area contributed by atoms with E-state index < -0.39 is 12.1 Å². The summed E-state index contributed by atoms with van der Waals surface area (Å²) < 4.78 is 33.6. The predicted molar refractivity (Wildman–Crippen MR) is 126 cm³/mol. The molecular formula is C25H27F3N4O2. The molecule has 0 saturated carbocycles. The minimum atomic E-state index is -5.08. The number of H-pyrrole nitrogens is 1. The average Bonchev–Trinajstić information content (AvgIpc) is 3.36. The Morgan fingerprint density at radius 2 is 1.74 bits per heavy atom. The SMILES string of the molecule is CCc1ccccc1-c1ccc2nc(-c3cc(C(C)(C)C)nn3C)[nH]c2c1.O=C(O)C(F)(F)F. The largest absolute Gasteiger partial charge is 0.490 e. The highest BCUT2D eigenvalue weighted by Crippen LogP contribution is 2.30. The molecule has 9 heteroatoms. The molecule has 2 heterocycles. The summed E-state index contributed by atoms with van der Waals surface area (Å²) in [5, 5.41) is 11.8. The maximum atomic E-state index is 10.6. The number of aryl methyl sites for hydroxylation is 2. The van der Waals surface area contributed by atoms with Crippen molar-refractivity contribution in [2.75, 3.05) is 0 Å². The summed E-state index contributed by atoms with van der Waals surface area (Å²) in [6.45, 7) is 8.72. The van der Waals surface area contributed by atoms with Crippen LogP contribution in [0.1, 0.15) is 39.0 Å². The van der Waals surface area contributed by atoms with Crippen LogP contribution >= 0.6 is 0 Å². The molecule has 0 aliphatic carbocycles. The first kappa shape index (κ1) is 25.0. The molecule has 2 aromatic heterocycles. The number of alkyl halides is 3. The second-order valence-electron chi connectivity index (χ2n) is 8.92. The van der Waals surface area contributed by atoms with E-state index in [0.717, 1.165) is 34.7 Å². The summed E-state index contributed by atoms with van der Waals surface area (Å²) in [5.41, 5.74) is 7.97.